The van der Waals surface area contributed by atoms with E-state index in [2.05, 4.69) is 22.1 Å². The van der Waals surface area contributed by atoms with Gasteiger partial charge in [-0.2, -0.15) is 9.78 Å². The van der Waals surface area contributed by atoms with Gasteiger partial charge in [0.1, 0.15) is 0 Å². The van der Waals surface area contributed by atoms with Crippen molar-refractivity contribution in [3.05, 3.63) is 46.7 Å². The molecule has 1 spiro atoms. The van der Waals surface area contributed by atoms with Gasteiger partial charge in [0, 0.05) is 50.6 Å². The second-order valence-corrected chi connectivity index (χ2v) is 9.14. The molecule has 2 aromatic rings. The van der Waals surface area contributed by atoms with Gasteiger partial charge in [-0.15, -0.1) is 0 Å². The van der Waals surface area contributed by atoms with Crippen molar-refractivity contribution < 1.29 is 9.59 Å². The van der Waals surface area contributed by atoms with Crippen LogP contribution in [0.5, 0.6) is 0 Å². The van der Waals surface area contributed by atoms with Gasteiger partial charge in [0.15, 0.2) is 0 Å². The van der Waals surface area contributed by atoms with Crippen LogP contribution in [0.15, 0.2) is 30.6 Å². The van der Waals surface area contributed by atoms with Crippen LogP contribution in [0.3, 0.4) is 0 Å². The Labute approximate surface area is 182 Å². The summed E-state index contributed by atoms with van der Waals surface area (Å²) in [6.45, 7) is 7.83. The predicted octanol–water partition coefficient (Wildman–Crippen LogP) is 3.39. The highest BCUT2D eigenvalue weighted by Crippen LogP contribution is 2.40. The van der Waals surface area contributed by atoms with Crippen molar-refractivity contribution in [3.63, 3.8) is 0 Å². The molecule has 3 heterocycles. The molecule has 0 radical (unpaired) electrons. The second-order valence-electron chi connectivity index (χ2n) is 8.73. The first-order chi connectivity index (χ1) is 14.3. The Bertz CT molecular complexity index is 974. The maximum Gasteiger partial charge on any atom is 0.344 e. The summed E-state index contributed by atoms with van der Waals surface area (Å²) in [6, 6.07) is 6.10. The van der Waals surface area contributed by atoms with E-state index in [1.165, 1.54) is 22.1 Å². The molecule has 0 saturated carbocycles. The molecule has 1 atom stereocenters. The maximum atomic E-state index is 12.9. The number of likely N-dealkylation sites (tertiary alicyclic amines) is 2. The lowest BCUT2D eigenvalue weighted by molar-refractivity contribution is -0.116. The molecule has 0 N–H and O–H groups in total. The molecule has 0 bridgehead atoms. The predicted molar refractivity (Wildman–Crippen MR) is 117 cm³/mol. The number of hydrogen-bond donors (Lipinski definition) is 0. The normalized spacial score (nSPS) is 21.5. The SMILES string of the molecule is CC(=O)N(C)c1cnn(C(=O)N2CCC3(CCN(Cc4ccc(C)cc4Cl)C3)C2)c1. The lowest BCUT2D eigenvalue weighted by Crippen LogP contribution is -2.36. The van der Waals surface area contributed by atoms with Gasteiger partial charge in [-0.1, -0.05) is 23.7 Å². The molecule has 2 saturated heterocycles. The van der Waals surface area contributed by atoms with Gasteiger partial charge in [-0.3, -0.25) is 9.69 Å². The summed E-state index contributed by atoms with van der Waals surface area (Å²) in [7, 11) is 1.67. The second kappa shape index (κ2) is 8.04. The molecule has 2 aliphatic rings. The fourth-order valence-corrected chi connectivity index (χ4v) is 4.83. The van der Waals surface area contributed by atoms with Crippen LogP contribution in [0.25, 0.3) is 0 Å². The molecule has 0 aliphatic carbocycles. The van der Waals surface area contributed by atoms with E-state index in [1.54, 1.807) is 19.4 Å². The van der Waals surface area contributed by atoms with E-state index in [9.17, 15) is 9.59 Å². The zero-order valence-electron chi connectivity index (χ0n) is 17.8. The summed E-state index contributed by atoms with van der Waals surface area (Å²) in [6.07, 6.45) is 5.25. The van der Waals surface area contributed by atoms with Crippen LogP contribution in [0.4, 0.5) is 10.5 Å². The molecule has 8 heteroatoms. The number of amides is 2. The topological polar surface area (TPSA) is 61.7 Å². The van der Waals surface area contributed by atoms with E-state index in [4.69, 9.17) is 11.6 Å². The van der Waals surface area contributed by atoms with Crippen LogP contribution in [-0.4, -0.2) is 64.7 Å². The fourth-order valence-electron chi connectivity index (χ4n) is 4.53. The number of aromatic nitrogens is 2. The first-order valence-electron chi connectivity index (χ1n) is 10.3. The molecule has 1 aromatic heterocycles. The number of carbonyl (C=O) groups is 2. The Morgan fingerprint density at radius 2 is 2.00 bits per heavy atom. The van der Waals surface area contributed by atoms with Crippen LogP contribution in [0.1, 0.15) is 30.9 Å². The largest absolute Gasteiger partial charge is 0.344 e. The van der Waals surface area contributed by atoms with Gasteiger partial charge in [-0.05, 0) is 43.5 Å². The molecule has 2 fully saturated rings. The van der Waals surface area contributed by atoms with E-state index >= 15 is 0 Å². The molecule has 160 valence electrons. The summed E-state index contributed by atoms with van der Waals surface area (Å²) in [5, 5.41) is 5.00. The zero-order valence-corrected chi connectivity index (χ0v) is 18.5. The number of anilines is 1. The molecule has 1 aromatic carbocycles. The van der Waals surface area contributed by atoms with Crippen LogP contribution in [-0.2, 0) is 11.3 Å². The maximum absolute atomic E-state index is 12.9. The van der Waals surface area contributed by atoms with Crippen LogP contribution < -0.4 is 4.90 Å². The Balaban J connectivity index is 1.38. The molecule has 30 heavy (non-hydrogen) atoms. The van der Waals surface area contributed by atoms with Gasteiger partial charge in [0.2, 0.25) is 5.91 Å². The van der Waals surface area contributed by atoms with E-state index < -0.39 is 0 Å². The summed E-state index contributed by atoms with van der Waals surface area (Å²) < 4.78 is 1.34. The molecule has 7 nitrogen and oxygen atoms in total. The third-order valence-corrected chi connectivity index (χ3v) is 6.81. The highest BCUT2D eigenvalue weighted by Gasteiger charge is 2.45. The number of benzene rings is 1. The lowest BCUT2D eigenvalue weighted by atomic mass is 9.86. The monoisotopic (exact) mass is 429 g/mol. The summed E-state index contributed by atoms with van der Waals surface area (Å²) in [4.78, 5) is 30.3. The van der Waals surface area contributed by atoms with Crippen molar-refractivity contribution in [2.75, 3.05) is 38.1 Å². The Kier molecular flexibility index (Phi) is 5.59. The van der Waals surface area contributed by atoms with E-state index in [1.807, 2.05) is 17.9 Å². The zero-order chi connectivity index (χ0) is 21.5. The third kappa shape index (κ3) is 4.09. The van der Waals surface area contributed by atoms with Gasteiger partial charge in [0.05, 0.1) is 18.1 Å². The number of aryl methyl sites for hydroxylation is 1. The van der Waals surface area contributed by atoms with Crippen LogP contribution in [0.2, 0.25) is 5.02 Å². The van der Waals surface area contributed by atoms with Gasteiger partial charge < -0.3 is 9.80 Å². The minimum atomic E-state index is -0.130. The smallest absolute Gasteiger partial charge is 0.322 e. The van der Waals surface area contributed by atoms with Crippen molar-refractivity contribution in [2.24, 2.45) is 5.41 Å². The molecule has 4 rings (SSSR count). The summed E-state index contributed by atoms with van der Waals surface area (Å²) in [5.74, 6) is -0.0955. The first kappa shape index (κ1) is 20.9. The first-order valence-corrected chi connectivity index (χ1v) is 10.7. The summed E-state index contributed by atoms with van der Waals surface area (Å²) >= 11 is 6.42. The molecular formula is C22H28ClN5O2. The molecule has 1 unspecified atom stereocenters. The van der Waals surface area contributed by atoms with Crippen molar-refractivity contribution in [1.82, 2.24) is 19.6 Å². The van der Waals surface area contributed by atoms with Gasteiger partial charge in [-0.25, -0.2) is 4.79 Å². The molecule has 2 aliphatic heterocycles. The number of carbonyl (C=O) groups excluding carboxylic acids is 2. The quantitative estimate of drug-likeness (QED) is 0.750. The average Bonchev–Trinajstić information content (AvgIpc) is 3.44. The minimum absolute atomic E-state index is 0.0955. The average molecular weight is 430 g/mol. The number of rotatable bonds is 3. The van der Waals surface area contributed by atoms with E-state index in [0.717, 1.165) is 56.2 Å². The Hall–Kier alpha value is -2.38. The van der Waals surface area contributed by atoms with Crippen molar-refractivity contribution in [3.8, 4) is 0 Å². The fraction of sp³-hybridized carbons (Fsp3) is 0.500. The molecular weight excluding hydrogens is 402 g/mol. The minimum Gasteiger partial charge on any atom is -0.322 e. The van der Waals surface area contributed by atoms with Gasteiger partial charge in [0.25, 0.3) is 0 Å². The highest BCUT2D eigenvalue weighted by molar-refractivity contribution is 6.31. The standard InChI is InChI=1S/C22H28ClN5O2/c1-16-4-5-18(20(23)10-16)12-26-8-6-22(14-26)7-9-27(15-22)21(30)28-13-19(11-24-28)25(3)17(2)29/h4-5,10-11,13H,6-9,12,14-15H2,1-3H3. The van der Waals surface area contributed by atoms with Crippen LogP contribution >= 0.6 is 11.6 Å². The van der Waals surface area contributed by atoms with Crippen molar-refractivity contribution in [1.29, 1.82) is 0 Å². The third-order valence-electron chi connectivity index (χ3n) is 6.45. The Morgan fingerprint density at radius 1 is 1.23 bits per heavy atom. The number of hydrogen-bond acceptors (Lipinski definition) is 4. The molecule has 2 amide bonds. The van der Waals surface area contributed by atoms with E-state index in [-0.39, 0.29) is 17.4 Å². The van der Waals surface area contributed by atoms with Crippen molar-refractivity contribution >= 4 is 29.2 Å². The van der Waals surface area contributed by atoms with Crippen LogP contribution in [0, 0.1) is 12.3 Å². The van der Waals surface area contributed by atoms with E-state index in [0.29, 0.717) is 5.69 Å². The number of halogens is 1. The Morgan fingerprint density at radius 3 is 2.73 bits per heavy atom. The highest BCUT2D eigenvalue weighted by atomic mass is 35.5. The van der Waals surface area contributed by atoms with Crippen molar-refractivity contribution in [2.45, 2.75) is 33.2 Å². The number of nitrogens with zero attached hydrogens (tertiary/aromatic N) is 5. The summed E-state index contributed by atoms with van der Waals surface area (Å²) in [5.41, 5.74) is 3.08. The lowest BCUT2D eigenvalue weighted by Gasteiger charge is -2.25. The van der Waals surface area contributed by atoms with Gasteiger partial charge >= 0.3 is 6.03 Å².